The first kappa shape index (κ1) is 37.4. The quantitative estimate of drug-likeness (QED) is 0.173. The van der Waals surface area contributed by atoms with Gasteiger partial charge in [-0.05, 0) is 73.3 Å². The molecular formula is C61H41N3O. The molecule has 2 heterocycles. The van der Waals surface area contributed by atoms with Crippen LogP contribution in [0.25, 0.3) is 89.5 Å². The van der Waals surface area contributed by atoms with E-state index in [-0.39, 0.29) is 5.41 Å². The Kier molecular flexibility index (Phi) is 8.13. The van der Waals surface area contributed by atoms with Crippen LogP contribution in [-0.2, 0) is 10.8 Å². The molecule has 0 radical (unpaired) electrons. The van der Waals surface area contributed by atoms with E-state index < -0.39 is 5.41 Å². The van der Waals surface area contributed by atoms with Crippen LogP contribution in [0.3, 0.4) is 0 Å². The summed E-state index contributed by atoms with van der Waals surface area (Å²) in [4.78, 5) is 15.9. The van der Waals surface area contributed by atoms with Crippen molar-refractivity contribution in [3.05, 3.63) is 246 Å². The fourth-order valence-corrected chi connectivity index (χ4v) is 11.1. The molecule has 4 nitrogen and oxygen atoms in total. The van der Waals surface area contributed by atoms with Crippen LogP contribution < -0.4 is 0 Å². The van der Waals surface area contributed by atoms with E-state index in [2.05, 4.69) is 196 Å². The molecule has 306 valence electrons. The molecule has 0 saturated heterocycles. The zero-order chi connectivity index (χ0) is 43.3. The average Bonchev–Trinajstić information content (AvgIpc) is 3.90. The first-order chi connectivity index (χ1) is 32.0. The van der Waals surface area contributed by atoms with Crippen LogP contribution in [0.1, 0.15) is 47.2 Å². The summed E-state index contributed by atoms with van der Waals surface area (Å²) in [6, 6.07) is 76.0. The Bertz CT molecular complexity index is 3630. The second-order valence-electron chi connectivity index (χ2n) is 17.9. The lowest BCUT2D eigenvalue weighted by Gasteiger charge is -2.46. The minimum absolute atomic E-state index is 0.223. The molecule has 13 rings (SSSR count). The van der Waals surface area contributed by atoms with E-state index in [4.69, 9.17) is 19.4 Å². The topological polar surface area (TPSA) is 51.8 Å². The summed E-state index contributed by atoms with van der Waals surface area (Å²) in [5, 5.41) is 2.22. The van der Waals surface area contributed by atoms with Gasteiger partial charge in [0.15, 0.2) is 17.5 Å². The van der Waals surface area contributed by atoms with Crippen molar-refractivity contribution in [3.63, 3.8) is 0 Å². The van der Waals surface area contributed by atoms with E-state index in [1.807, 2.05) is 30.3 Å². The van der Waals surface area contributed by atoms with Gasteiger partial charge in [-0.3, -0.25) is 0 Å². The number of hydrogen-bond donors (Lipinski definition) is 0. The Labute approximate surface area is 377 Å². The minimum atomic E-state index is -0.612. The molecule has 0 unspecified atom stereocenters. The number of para-hydroxylation sites is 2. The first-order valence-corrected chi connectivity index (χ1v) is 22.4. The van der Waals surface area contributed by atoms with Crippen LogP contribution in [0.4, 0.5) is 0 Å². The standard InChI is InChI=1S/C61H41N3O/c1-60(2)49-25-10-12-27-51(49)61(52-28-13-11-26-50(52)60)48-36-35-42(43-22-15-23-45-44-21-9-14-30-54(44)65-56(43)45)37-47(48)55-46(24-16-29-53(55)61)59-63-57(40-19-7-4-8-20-40)62-58(64-59)41-33-31-39(32-34-41)38-17-5-3-6-18-38/h3-37H,1-2H3. The maximum Gasteiger partial charge on any atom is 0.164 e. The molecule has 1 spiro atoms. The molecule has 0 saturated carbocycles. The van der Waals surface area contributed by atoms with Gasteiger partial charge in [0.2, 0.25) is 0 Å². The molecule has 65 heavy (non-hydrogen) atoms. The van der Waals surface area contributed by atoms with Crippen molar-refractivity contribution in [3.8, 4) is 67.5 Å². The first-order valence-electron chi connectivity index (χ1n) is 22.4. The van der Waals surface area contributed by atoms with Crippen LogP contribution in [-0.4, -0.2) is 15.0 Å². The SMILES string of the molecule is CC1(C)c2ccccc2C2(c3ccc(-c4cccc5c4oc4ccccc45)cc3-c3c(-c4nc(-c5ccccc5)nc(-c5ccc(-c6ccccc6)cc5)n4)cccc32)c2ccccc21. The van der Waals surface area contributed by atoms with E-state index in [1.165, 1.54) is 33.4 Å². The predicted octanol–water partition coefficient (Wildman–Crippen LogP) is 15.1. The lowest BCUT2D eigenvalue weighted by atomic mass is 9.55. The second kappa shape index (κ2) is 14.2. The number of fused-ring (bicyclic) bond motifs is 12. The number of furan rings is 1. The molecule has 0 aliphatic heterocycles. The van der Waals surface area contributed by atoms with Crippen LogP contribution in [0.5, 0.6) is 0 Å². The largest absolute Gasteiger partial charge is 0.455 e. The van der Waals surface area contributed by atoms with Crippen LogP contribution in [0, 0.1) is 0 Å². The monoisotopic (exact) mass is 831 g/mol. The van der Waals surface area contributed by atoms with Gasteiger partial charge in [0.05, 0.1) is 5.41 Å². The normalized spacial score (nSPS) is 13.9. The number of rotatable bonds is 5. The van der Waals surface area contributed by atoms with E-state index in [0.29, 0.717) is 17.5 Å². The Morgan fingerprint density at radius 3 is 1.54 bits per heavy atom. The number of nitrogens with zero attached hydrogens (tertiary/aromatic N) is 3. The van der Waals surface area contributed by atoms with Gasteiger partial charge in [-0.1, -0.05) is 214 Å². The number of aromatic nitrogens is 3. The van der Waals surface area contributed by atoms with Crippen molar-refractivity contribution in [1.82, 2.24) is 15.0 Å². The number of hydrogen-bond acceptors (Lipinski definition) is 4. The summed E-state index contributed by atoms with van der Waals surface area (Å²) in [6.07, 6.45) is 0. The minimum Gasteiger partial charge on any atom is -0.455 e. The van der Waals surface area contributed by atoms with Crippen molar-refractivity contribution < 1.29 is 4.42 Å². The molecule has 0 bridgehead atoms. The van der Waals surface area contributed by atoms with Crippen molar-refractivity contribution in [2.24, 2.45) is 0 Å². The summed E-state index contributed by atoms with van der Waals surface area (Å²) < 4.78 is 6.66. The van der Waals surface area contributed by atoms with Gasteiger partial charge in [-0.15, -0.1) is 0 Å². The Hall–Kier alpha value is -8.21. The third kappa shape index (κ3) is 5.47. The van der Waals surface area contributed by atoms with Gasteiger partial charge in [0.1, 0.15) is 11.2 Å². The van der Waals surface area contributed by atoms with E-state index in [1.54, 1.807) is 0 Å². The maximum atomic E-state index is 6.66. The molecule has 11 aromatic rings. The summed E-state index contributed by atoms with van der Waals surface area (Å²) in [5.74, 6) is 1.88. The van der Waals surface area contributed by atoms with E-state index in [0.717, 1.165) is 72.0 Å². The molecule has 2 aliphatic carbocycles. The third-order valence-corrected chi connectivity index (χ3v) is 14.0. The second-order valence-corrected chi connectivity index (χ2v) is 17.9. The predicted molar refractivity (Wildman–Crippen MR) is 264 cm³/mol. The summed E-state index contributed by atoms with van der Waals surface area (Å²) in [7, 11) is 0. The van der Waals surface area contributed by atoms with Crippen molar-refractivity contribution in [2.45, 2.75) is 24.7 Å². The molecule has 9 aromatic carbocycles. The zero-order valence-electron chi connectivity index (χ0n) is 36.0. The fourth-order valence-electron chi connectivity index (χ4n) is 11.1. The lowest BCUT2D eigenvalue weighted by molar-refractivity contribution is 0.563. The smallest absolute Gasteiger partial charge is 0.164 e. The highest BCUT2D eigenvalue weighted by atomic mass is 16.3. The molecule has 0 atom stereocenters. The number of benzene rings is 9. The van der Waals surface area contributed by atoms with Crippen LogP contribution in [0.2, 0.25) is 0 Å². The van der Waals surface area contributed by atoms with Crippen molar-refractivity contribution in [2.75, 3.05) is 0 Å². The molecule has 4 heteroatoms. The average molecular weight is 832 g/mol. The van der Waals surface area contributed by atoms with E-state index in [9.17, 15) is 0 Å². The molecule has 2 aromatic heterocycles. The molecule has 0 N–H and O–H groups in total. The van der Waals surface area contributed by atoms with E-state index >= 15 is 0 Å². The van der Waals surface area contributed by atoms with Gasteiger partial charge < -0.3 is 4.42 Å². The van der Waals surface area contributed by atoms with Gasteiger partial charge in [0.25, 0.3) is 0 Å². The van der Waals surface area contributed by atoms with Gasteiger partial charge in [-0.2, -0.15) is 0 Å². The highest BCUT2D eigenvalue weighted by Crippen LogP contribution is 2.63. The van der Waals surface area contributed by atoms with Gasteiger partial charge in [-0.25, -0.2) is 15.0 Å². The fraction of sp³-hybridized carbons (Fsp3) is 0.0656. The Balaban J connectivity index is 1.10. The molecule has 0 fully saturated rings. The highest BCUT2D eigenvalue weighted by molar-refractivity contribution is 6.10. The Morgan fingerprint density at radius 1 is 0.338 bits per heavy atom. The molecular weight excluding hydrogens is 791 g/mol. The summed E-state index contributed by atoms with van der Waals surface area (Å²) in [5.41, 5.74) is 18.2. The van der Waals surface area contributed by atoms with Crippen LogP contribution >= 0.6 is 0 Å². The van der Waals surface area contributed by atoms with Crippen molar-refractivity contribution in [1.29, 1.82) is 0 Å². The van der Waals surface area contributed by atoms with Gasteiger partial charge >= 0.3 is 0 Å². The Morgan fingerprint density at radius 2 is 0.831 bits per heavy atom. The summed E-state index contributed by atoms with van der Waals surface area (Å²) in [6.45, 7) is 4.73. The van der Waals surface area contributed by atoms with Crippen LogP contribution in [0.15, 0.2) is 217 Å². The van der Waals surface area contributed by atoms with Gasteiger partial charge in [0, 0.05) is 38.4 Å². The third-order valence-electron chi connectivity index (χ3n) is 14.0. The highest BCUT2D eigenvalue weighted by Gasteiger charge is 2.54. The maximum absolute atomic E-state index is 6.66. The zero-order valence-corrected chi connectivity index (χ0v) is 36.0. The lowest BCUT2D eigenvalue weighted by Crippen LogP contribution is -2.40. The molecule has 0 amide bonds. The summed E-state index contributed by atoms with van der Waals surface area (Å²) >= 11 is 0. The molecule has 2 aliphatic rings. The van der Waals surface area contributed by atoms with Crippen molar-refractivity contribution >= 4 is 21.9 Å².